The van der Waals surface area contributed by atoms with Gasteiger partial charge in [0.25, 0.3) is 0 Å². The molecule has 0 aromatic carbocycles. The van der Waals surface area contributed by atoms with Gasteiger partial charge in [-0.15, -0.1) is 0 Å². The lowest BCUT2D eigenvalue weighted by atomic mass is 9.92. The van der Waals surface area contributed by atoms with E-state index in [1.165, 1.54) is 0 Å². The number of hydrogen-bond donors (Lipinski definition) is 2. The number of amides is 2. The highest BCUT2D eigenvalue weighted by atomic mass is 16.4. The van der Waals surface area contributed by atoms with Crippen molar-refractivity contribution in [2.75, 3.05) is 0 Å². The van der Waals surface area contributed by atoms with Crippen LogP contribution in [0.1, 0.15) is 19.8 Å². The topological polar surface area (TPSA) is 83.5 Å². The summed E-state index contributed by atoms with van der Waals surface area (Å²) < 4.78 is 0. The Labute approximate surface area is 75.1 Å². The molecular formula is C8H11NO4. The Bertz CT molecular complexity index is 261. The molecule has 2 atom stereocenters. The summed E-state index contributed by atoms with van der Waals surface area (Å²) in [5.74, 6) is -2.46. The van der Waals surface area contributed by atoms with Crippen molar-refractivity contribution in [2.45, 2.75) is 19.8 Å². The minimum Gasteiger partial charge on any atom is -0.481 e. The summed E-state index contributed by atoms with van der Waals surface area (Å²) >= 11 is 0. The van der Waals surface area contributed by atoms with Crippen molar-refractivity contribution < 1.29 is 19.5 Å². The molecule has 0 aromatic heterocycles. The Morgan fingerprint density at radius 3 is 2.46 bits per heavy atom. The summed E-state index contributed by atoms with van der Waals surface area (Å²) in [6.07, 6.45) is 0.157. The molecule has 2 amide bonds. The van der Waals surface area contributed by atoms with Crippen molar-refractivity contribution >= 4 is 17.8 Å². The summed E-state index contributed by atoms with van der Waals surface area (Å²) in [6.45, 7) is 1.63. The highest BCUT2D eigenvalue weighted by Gasteiger charge is 2.37. The van der Waals surface area contributed by atoms with Crippen LogP contribution in [0.4, 0.5) is 0 Å². The van der Waals surface area contributed by atoms with Gasteiger partial charge in [-0.3, -0.25) is 19.7 Å². The number of carbonyl (C=O) groups excluding carboxylic acids is 2. The van der Waals surface area contributed by atoms with Crippen molar-refractivity contribution in [1.82, 2.24) is 5.32 Å². The zero-order valence-corrected chi connectivity index (χ0v) is 7.24. The van der Waals surface area contributed by atoms with Gasteiger partial charge in [0.15, 0.2) is 0 Å². The lowest BCUT2D eigenvalue weighted by Crippen LogP contribution is -2.22. The third-order valence-electron chi connectivity index (χ3n) is 2.27. The second kappa shape index (κ2) is 3.55. The first-order chi connectivity index (χ1) is 6.02. The molecule has 0 aromatic rings. The van der Waals surface area contributed by atoms with E-state index in [0.717, 1.165) is 0 Å². The number of aliphatic carboxylic acids is 1. The van der Waals surface area contributed by atoms with Crippen LogP contribution in [0.3, 0.4) is 0 Å². The molecule has 1 heterocycles. The van der Waals surface area contributed by atoms with Crippen molar-refractivity contribution in [2.24, 2.45) is 11.8 Å². The smallest absolute Gasteiger partial charge is 0.303 e. The van der Waals surface area contributed by atoms with Gasteiger partial charge in [0.1, 0.15) is 0 Å². The SMILES string of the molecule is CC1C(=O)NC(=O)C1CCC(=O)O. The van der Waals surface area contributed by atoms with Gasteiger partial charge in [0, 0.05) is 12.3 Å². The number of carboxylic acids is 1. The summed E-state index contributed by atoms with van der Waals surface area (Å²) in [7, 11) is 0. The van der Waals surface area contributed by atoms with Crippen LogP contribution in [-0.4, -0.2) is 22.9 Å². The monoisotopic (exact) mass is 185 g/mol. The maximum atomic E-state index is 11.1. The molecule has 2 N–H and O–H groups in total. The molecule has 1 fully saturated rings. The van der Waals surface area contributed by atoms with E-state index in [9.17, 15) is 14.4 Å². The molecule has 1 aliphatic heterocycles. The fourth-order valence-corrected chi connectivity index (χ4v) is 1.40. The second-order valence-corrected chi connectivity index (χ2v) is 3.18. The zero-order chi connectivity index (χ0) is 10.0. The Kier molecular flexibility index (Phi) is 2.65. The van der Waals surface area contributed by atoms with Crippen LogP contribution in [0.25, 0.3) is 0 Å². The first-order valence-corrected chi connectivity index (χ1v) is 4.09. The van der Waals surface area contributed by atoms with Gasteiger partial charge < -0.3 is 5.11 Å². The Hall–Kier alpha value is -1.39. The summed E-state index contributed by atoms with van der Waals surface area (Å²) in [4.78, 5) is 32.3. The minimum atomic E-state index is -0.945. The highest BCUT2D eigenvalue weighted by Crippen LogP contribution is 2.23. The number of nitrogens with one attached hydrogen (secondary N) is 1. The van der Waals surface area contributed by atoms with Gasteiger partial charge in [0.05, 0.1) is 5.92 Å². The molecule has 1 rings (SSSR count). The van der Waals surface area contributed by atoms with E-state index in [2.05, 4.69) is 5.32 Å². The van der Waals surface area contributed by atoms with Gasteiger partial charge in [-0.25, -0.2) is 0 Å². The van der Waals surface area contributed by atoms with Gasteiger partial charge in [-0.05, 0) is 6.42 Å². The Balaban J connectivity index is 2.54. The van der Waals surface area contributed by atoms with Crippen molar-refractivity contribution in [3.8, 4) is 0 Å². The van der Waals surface area contributed by atoms with Gasteiger partial charge >= 0.3 is 5.97 Å². The molecule has 0 saturated carbocycles. The molecular weight excluding hydrogens is 174 g/mol. The average Bonchev–Trinajstić information content (AvgIpc) is 2.24. The fourth-order valence-electron chi connectivity index (χ4n) is 1.40. The molecule has 2 unspecified atom stereocenters. The van der Waals surface area contributed by atoms with E-state index in [-0.39, 0.29) is 24.7 Å². The summed E-state index contributed by atoms with van der Waals surface area (Å²) in [5.41, 5.74) is 0. The van der Waals surface area contributed by atoms with E-state index in [1.54, 1.807) is 6.92 Å². The van der Waals surface area contributed by atoms with Gasteiger partial charge in [-0.2, -0.15) is 0 Å². The molecule has 0 spiro atoms. The van der Waals surface area contributed by atoms with Crippen LogP contribution in [-0.2, 0) is 14.4 Å². The standard InChI is InChI=1S/C8H11NO4/c1-4-5(2-3-6(10)11)8(13)9-7(4)12/h4-5H,2-3H2,1H3,(H,10,11)(H,9,12,13). The van der Waals surface area contributed by atoms with Crippen molar-refractivity contribution in [3.05, 3.63) is 0 Å². The summed E-state index contributed by atoms with van der Waals surface area (Å²) in [6, 6.07) is 0. The van der Waals surface area contributed by atoms with Crippen LogP contribution in [0.15, 0.2) is 0 Å². The summed E-state index contributed by atoms with van der Waals surface area (Å²) in [5, 5.41) is 10.6. The van der Waals surface area contributed by atoms with Gasteiger partial charge in [0.2, 0.25) is 11.8 Å². The third-order valence-corrected chi connectivity index (χ3v) is 2.27. The lowest BCUT2D eigenvalue weighted by molar-refractivity contribution is -0.137. The van der Waals surface area contributed by atoms with E-state index in [0.29, 0.717) is 0 Å². The number of hydrogen-bond acceptors (Lipinski definition) is 3. The molecule has 5 heteroatoms. The molecule has 0 radical (unpaired) electrons. The first-order valence-electron chi connectivity index (χ1n) is 4.09. The predicted molar refractivity (Wildman–Crippen MR) is 42.7 cm³/mol. The normalized spacial score (nSPS) is 27.5. The quantitative estimate of drug-likeness (QED) is 0.594. The number of carbonyl (C=O) groups is 3. The molecule has 0 bridgehead atoms. The maximum Gasteiger partial charge on any atom is 0.303 e. The molecule has 72 valence electrons. The first kappa shape index (κ1) is 9.70. The molecule has 1 saturated heterocycles. The number of rotatable bonds is 3. The minimum absolute atomic E-state index is 0.0737. The van der Waals surface area contributed by atoms with Gasteiger partial charge in [-0.1, -0.05) is 6.92 Å². The van der Waals surface area contributed by atoms with Crippen LogP contribution in [0.5, 0.6) is 0 Å². The van der Waals surface area contributed by atoms with Crippen LogP contribution in [0.2, 0.25) is 0 Å². The Morgan fingerprint density at radius 2 is 2.08 bits per heavy atom. The van der Waals surface area contributed by atoms with Crippen molar-refractivity contribution in [1.29, 1.82) is 0 Å². The Morgan fingerprint density at radius 1 is 1.46 bits per heavy atom. The van der Waals surface area contributed by atoms with Crippen molar-refractivity contribution in [3.63, 3.8) is 0 Å². The van der Waals surface area contributed by atoms with E-state index < -0.39 is 17.8 Å². The maximum absolute atomic E-state index is 11.1. The molecule has 1 aliphatic rings. The largest absolute Gasteiger partial charge is 0.481 e. The van der Waals surface area contributed by atoms with E-state index in [4.69, 9.17) is 5.11 Å². The average molecular weight is 185 g/mol. The van der Waals surface area contributed by atoms with E-state index in [1.807, 2.05) is 0 Å². The third kappa shape index (κ3) is 2.05. The molecule has 0 aliphatic carbocycles. The van der Waals surface area contributed by atoms with Crippen LogP contribution in [0, 0.1) is 11.8 Å². The lowest BCUT2D eigenvalue weighted by Gasteiger charge is -2.07. The number of carboxylic acid groups (broad SMARTS) is 1. The van der Waals surface area contributed by atoms with E-state index >= 15 is 0 Å². The molecule has 13 heavy (non-hydrogen) atoms. The molecule has 5 nitrogen and oxygen atoms in total. The second-order valence-electron chi connectivity index (χ2n) is 3.18. The fraction of sp³-hybridized carbons (Fsp3) is 0.625. The highest BCUT2D eigenvalue weighted by molar-refractivity contribution is 6.04. The predicted octanol–water partition coefficient (Wildman–Crippen LogP) is -0.240. The van der Waals surface area contributed by atoms with Crippen LogP contribution < -0.4 is 5.32 Å². The number of imide groups is 1. The zero-order valence-electron chi connectivity index (χ0n) is 7.24. The van der Waals surface area contributed by atoms with Crippen LogP contribution >= 0.6 is 0 Å².